The van der Waals surface area contributed by atoms with Gasteiger partial charge in [-0.3, -0.25) is 4.79 Å². The number of nitrogens with one attached hydrogen (secondary N) is 1. The average molecular weight is 373 g/mol. The number of benzene rings is 1. The van der Waals surface area contributed by atoms with Crippen LogP contribution >= 0.6 is 0 Å². The van der Waals surface area contributed by atoms with Crippen LogP contribution in [-0.2, 0) is 31.7 Å². The number of alkyl halides is 3. The number of rotatable bonds is 8. The molecule has 1 amide bonds. The van der Waals surface area contributed by atoms with Crippen molar-refractivity contribution in [3.63, 3.8) is 0 Å². The number of esters is 1. The third kappa shape index (κ3) is 7.37. The molecular weight excluding hydrogens is 355 g/mol. The van der Waals surface area contributed by atoms with Gasteiger partial charge in [0.25, 0.3) is 0 Å². The maximum Gasteiger partial charge on any atom is 0.416 e. The zero-order valence-electron chi connectivity index (χ0n) is 13.9. The summed E-state index contributed by atoms with van der Waals surface area (Å²) in [5.74, 6) is -2.60. The van der Waals surface area contributed by atoms with Crippen LogP contribution in [0.5, 0.6) is 0 Å². The first-order chi connectivity index (χ1) is 12.1. The van der Waals surface area contributed by atoms with E-state index in [0.717, 1.165) is 30.3 Å². The van der Waals surface area contributed by atoms with E-state index in [1.807, 2.05) is 0 Å². The number of halogens is 3. The smallest absolute Gasteiger partial charge is 0.416 e. The molecule has 0 aliphatic heterocycles. The first-order valence-corrected chi connectivity index (χ1v) is 7.65. The quantitative estimate of drug-likeness (QED) is 0.539. The third-order valence-electron chi connectivity index (χ3n) is 3.19. The lowest BCUT2D eigenvalue weighted by Crippen LogP contribution is -2.41. The van der Waals surface area contributed by atoms with E-state index < -0.39 is 35.6 Å². The monoisotopic (exact) mass is 373 g/mol. The van der Waals surface area contributed by atoms with E-state index in [-0.39, 0.29) is 19.4 Å². The second-order valence-corrected chi connectivity index (χ2v) is 5.22. The Labute approximate surface area is 147 Å². The molecule has 1 atom stereocenters. The molecular formula is C17H18F3NO5. The Bertz CT molecular complexity index is 668. The van der Waals surface area contributed by atoms with Crippen LogP contribution in [0.2, 0.25) is 0 Å². The number of hydrogen-bond donors (Lipinski definition) is 2. The lowest BCUT2D eigenvalue weighted by Gasteiger charge is -2.13. The Balaban J connectivity index is 2.62. The van der Waals surface area contributed by atoms with E-state index in [9.17, 15) is 27.6 Å². The molecule has 0 saturated carbocycles. The highest BCUT2D eigenvalue weighted by Crippen LogP contribution is 2.29. The van der Waals surface area contributed by atoms with Crippen LogP contribution in [-0.4, -0.2) is 35.6 Å². The minimum atomic E-state index is -4.47. The fraction of sp³-hybridized carbons (Fsp3) is 0.353. The summed E-state index contributed by atoms with van der Waals surface area (Å²) in [6.07, 6.45) is -2.58. The van der Waals surface area contributed by atoms with Crippen molar-refractivity contribution >= 4 is 17.8 Å². The van der Waals surface area contributed by atoms with Gasteiger partial charge in [-0.2, -0.15) is 13.2 Å². The molecule has 0 bridgehead atoms. The molecule has 0 fully saturated rings. The Hall–Kier alpha value is -2.84. The second-order valence-electron chi connectivity index (χ2n) is 5.22. The van der Waals surface area contributed by atoms with Gasteiger partial charge in [0.2, 0.25) is 5.91 Å². The van der Waals surface area contributed by atoms with Crippen molar-refractivity contribution < 1.29 is 37.4 Å². The fourth-order valence-electron chi connectivity index (χ4n) is 1.95. The van der Waals surface area contributed by atoms with Crippen molar-refractivity contribution in [1.29, 1.82) is 0 Å². The summed E-state index contributed by atoms with van der Waals surface area (Å²) in [6.45, 7) is 1.79. The maximum absolute atomic E-state index is 12.5. The number of carbonyl (C=O) groups is 3. The minimum Gasteiger partial charge on any atom is -0.480 e. The standard InChI is InChI=1S/C17H18F3NO5/c1-2-26-15(23)5-3-4-13(16(24)25)21-14(22)10-11-6-8-12(9-7-11)17(18,19)20/h3,5-9,13H,2,4,10H2,1H3,(H,21,22)(H,24,25)/b5-3+/t13-/m0/s1. The molecule has 9 heteroatoms. The summed E-state index contributed by atoms with van der Waals surface area (Å²) in [6, 6.07) is 2.72. The predicted molar refractivity (Wildman–Crippen MR) is 85.1 cm³/mol. The molecule has 0 aromatic heterocycles. The maximum atomic E-state index is 12.5. The normalized spacial score (nSPS) is 12.6. The van der Waals surface area contributed by atoms with Gasteiger partial charge in [-0.15, -0.1) is 0 Å². The first-order valence-electron chi connectivity index (χ1n) is 7.65. The summed E-state index contributed by atoms with van der Waals surface area (Å²) in [4.78, 5) is 34.2. The van der Waals surface area contributed by atoms with Crippen molar-refractivity contribution in [2.24, 2.45) is 0 Å². The van der Waals surface area contributed by atoms with E-state index in [1.165, 1.54) is 6.08 Å². The SMILES string of the molecule is CCOC(=O)/C=C/C[C@H](NC(=O)Cc1ccc(C(F)(F)F)cc1)C(=O)O. The zero-order chi connectivity index (χ0) is 19.7. The Morgan fingerprint density at radius 1 is 1.23 bits per heavy atom. The van der Waals surface area contributed by atoms with Crippen molar-refractivity contribution in [3.05, 3.63) is 47.5 Å². The van der Waals surface area contributed by atoms with Crippen LogP contribution in [0.3, 0.4) is 0 Å². The number of carboxylic acid groups (broad SMARTS) is 1. The van der Waals surface area contributed by atoms with Crippen molar-refractivity contribution in [3.8, 4) is 0 Å². The number of carbonyl (C=O) groups excluding carboxylic acids is 2. The highest BCUT2D eigenvalue weighted by molar-refractivity contribution is 5.85. The van der Waals surface area contributed by atoms with Gasteiger partial charge in [-0.25, -0.2) is 9.59 Å². The highest BCUT2D eigenvalue weighted by Gasteiger charge is 2.30. The summed E-state index contributed by atoms with van der Waals surface area (Å²) in [5.41, 5.74) is -0.532. The number of carboxylic acids is 1. The summed E-state index contributed by atoms with van der Waals surface area (Å²) in [5, 5.41) is 11.3. The minimum absolute atomic E-state index is 0.146. The molecule has 0 aliphatic rings. The lowest BCUT2D eigenvalue weighted by molar-refractivity contribution is -0.141. The van der Waals surface area contributed by atoms with Gasteiger partial charge in [0.1, 0.15) is 6.04 Å². The molecule has 1 aromatic rings. The molecule has 142 valence electrons. The molecule has 1 aromatic carbocycles. The third-order valence-corrected chi connectivity index (χ3v) is 3.19. The van der Waals surface area contributed by atoms with Crippen LogP contribution in [0, 0.1) is 0 Å². The fourth-order valence-corrected chi connectivity index (χ4v) is 1.95. The van der Waals surface area contributed by atoms with Crippen molar-refractivity contribution in [1.82, 2.24) is 5.32 Å². The first kappa shape index (κ1) is 21.2. The summed E-state index contributed by atoms with van der Waals surface area (Å²) in [7, 11) is 0. The largest absolute Gasteiger partial charge is 0.480 e. The van der Waals surface area contributed by atoms with E-state index in [2.05, 4.69) is 10.1 Å². The molecule has 0 spiro atoms. The van der Waals surface area contributed by atoms with Gasteiger partial charge in [0, 0.05) is 6.08 Å². The predicted octanol–water partition coefficient (Wildman–Crippen LogP) is 2.33. The van der Waals surface area contributed by atoms with Crippen LogP contribution < -0.4 is 5.32 Å². The lowest BCUT2D eigenvalue weighted by atomic mass is 10.1. The van der Waals surface area contributed by atoms with Crippen LogP contribution in [0.1, 0.15) is 24.5 Å². The molecule has 26 heavy (non-hydrogen) atoms. The molecule has 1 rings (SSSR count). The molecule has 6 nitrogen and oxygen atoms in total. The van der Waals surface area contributed by atoms with Gasteiger partial charge in [0.15, 0.2) is 0 Å². The summed E-state index contributed by atoms with van der Waals surface area (Å²) < 4.78 is 42.1. The number of hydrogen-bond acceptors (Lipinski definition) is 4. The van der Waals surface area contributed by atoms with E-state index in [0.29, 0.717) is 5.56 Å². The zero-order valence-corrected chi connectivity index (χ0v) is 13.9. The van der Waals surface area contributed by atoms with Gasteiger partial charge >= 0.3 is 18.1 Å². The Morgan fingerprint density at radius 3 is 2.35 bits per heavy atom. The Morgan fingerprint density at radius 2 is 1.85 bits per heavy atom. The highest BCUT2D eigenvalue weighted by atomic mass is 19.4. The van der Waals surface area contributed by atoms with E-state index >= 15 is 0 Å². The molecule has 0 radical (unpaired) electrons. The number of aliphatic carboxylic acids is 1. The topological polar surface area (TPSA) is 92.7 Å². The van der Waals surface area contributed by atoms with Crippen molar-refractivity contribution in [2.45, 2.75) is 32.0 Å². The average Bonchev–Trinajstić information content (AvgIpc) is 2.53. The van der Waals surface area contributed by atoms with Crippen molar-refractivity contribution in [2.75, 3.05) is 6.61 Å². The Kier molecular flexibility index (Phi) is 7.82. The van der Waals surface area contributed by atoms with Gasteiger partial charge in [-0.05, 0) is 31.0 Å². The molecule has 2 N–H and O–H groups in total. The second kappa shape index (κ2) is 9.59. The van der Waals surface area contributed by atoms with Crippen LogP contribution in [0.15, 0.2) is 36.4 Å². The van der Waals surface area contributed by atoms with E-state index in [4.69, 9.17) is 5.11 Å². The molecule has 0 unspecified atom stereocenters. The molecule has 0 saturated heterocycles. The van der Waals surface area contributed by atoms with Gasteiger partial charge in [-0.1, -0.05) is 18.2 Å². The number of ether oxygens (including phenoxy) is 1. The summed E-state index contributed by atoms with van der Waals surface area (Å²) >= 11 is 0. The van der Waals surface area contributed by atoms with E-state index in [1.54, 1.807) is 6.92 Å². The number of amides is 1. The van der Waals surface area contributed by atoms with Crippen LogP contribution in [0.4, 0.5) is 13.2 Å². The van der Waals surface area contributed by atoms with Gasteiger partial charge in [0.05, 0.1) is 18.6 Å². The van der Waals surface area contributed by atoms with Crippen LogP contribution in [0.25, 0.3) is 0 Å². The molecule has 0 aliphatic carbocycles. The van der Waals surface area contributed by atoms with Gasteiger partial charge < -0.3 is 15.2 Å². The molecule has 0 heterocycles.